The summed E-state index contributed by atoms with van der Waals surface area (Å²) in [5.74, 6) is 27.4. The minimum Gasteiger partial charge on any atom is -0.457 e. The number of allylic oxidation sites excluding steroid dienone is 8. The molecule has 0 aliphatic heterocycles. The average Bonchev–Trinajstić information content (AvgIpc) is 1.60. The van der Waals surface area contributed by atoms with Crippen LogP contribution in [0.3, 0.4) is 0 Å². The highest BCUT2D eigenvalue weighted by atomic mass is 16.5. The van der Waals surface area contributed by atoms with Crippen molar-refractivity contribution >= 4 is 56.2 Å². The first-order valence-electron chi connectivity index (χ1n) is 30.7. The van der Waals surface area contributed by atoms with Crippen molar-refractivity contribution < 1.29 is 14.3 Å². The highest BCUT2D eigenvalue weighted by molar-refractivity contribution is 6.60. The summed E-state index contributed by atoms with van der Waals surface area (Å²) in [6.07, 6.45) is 0. The van der Waals surface area contributed by atoms with E-state index in [-0.39, 0.29) is 11.6 Å². The molecule has 0 saturated heterocycles. The molecule has 14 rings (SSSR count). The summed E-state index contributed by atoms with van der Waals surface area (Å²) >= 11 is 0. The normalized spacial score (nSPS) is 12.5. The monoisotopic (exact) mass is 1180 g/mol. The number of hydrogen-bond acceptors (Lipinski definition) is 3. The van der Waals surface area contributed by atoms with Crippen molar-refractivity contribution in [1.29, 1.82) is 0 Å². The molecule has 0 aromatic heterocycles. The molecule has 12 aromatic rings. The van der Waals surface area contributed by atoms with E-state index in [4.69, 9.17) is 4.74 Å². The zero-order valence-corrected chi connectivity index (χ0v) is 50.4. The highest BCUT2D eigenvalue weighted by Gasteiger charge is 2.37. The van der Waals surface area contributed by atoms with Crippen LogP contribution in [0.1, 0.15) is 89.0 Å². The Morgan fingerprint density at radius 1 is 0.161 bits per heavy atom. The maximum atomic E-state index is 15.5. The summed E-state index contributed by atoms with van der Waals surface area (Å²) < 4.78 is 6.71. The van der Waals surface area contributed by atoms with Crippen LogP contribution in [0.2, 0.25) is 0 Å². The SMILES string of the molecule is O=C1C(c2ccc(C#Cc3ccccc3)cc2)=C(c2ccc(C#Cc3ccccc3)cc2)C(c2ccc(Oc3ccc(C4=C(c5ccc(C#Cc6ccccc6)cc5)C(=O)C(c5ccccc5)=C4c4ccc(C#Cc5ccccc5)cc4)cc3)cc2)=C1c1ccccc1. The van der Waals surface area contributed by atoms with Crippen molar-refractivity contribution in [2.45, 2.75) is 0 Å². The van der Waals surface area contributed by atoms with Gasteiger partial charge in [0, 0.05) is 89.1 Å². The zero-order valence-electron chi connectivity index (χ0n) is 50.4. The second kappa shape index (κ2) is 26.8. The Labute approximate surface area is 542 Å². The van der Waals surface area contributed by atoms with Gasteiger partial charge in [-0.05, 0) is 166 Å². The van der Waals surface area contributed by atoms with Gasteiger partial charge in [0.2, 0.25) is 0 Å². The molecule has 0 atom stereocenters. The predicted molar refractivity (Wildman–Crippen MR) is 379 cm³/mol. The molecular weight excluding hydrogens is 1130 g/mol. The fourth-order valence-corrected chi connectivity index (χ4v) is 11.7. The molecule has 0 N–H and O–H groups in total. The Morgan fingerprint density at radius 3 is 0.538 bits per heavy atom. The van der Waals surface area contributed by atoms with Crippen LogP contribution in [-0.2, 0) is 9.59 Å². The van der Waals surface area contributed by atoms with Gasteiger partial charge >= 0.3 is 0 Å². The van der Waals surface area contributed by atoms with Crippen LogP contribution in [-0.4, -0.2) is 11.6 Å². The van der Waals surface area contributed by atoms with Crippen LogP contribution in [0.4, 0.5) is 0 Å². The summed E-state index contributed by atoms with van der Waals surface area (Å²) in [5, 5.41) is 0. The third-order valence-corrected chi connectivity index (χ3v) is 16.2. The van der Waals surface area contributed by atoms with E-state index in [2.05, 4.69) is 71.6 Å². The van der Waals surface area contributed by atoms with Gasteiger partial charge in [0.15, 0.2) is 11.6 Å². The number of carbonyl (C=O) groups is 2. The van der Waals surface area contributed by atoms with Crippen molar-refractivity contribution in [3.63, 3.8) is 0 Å². The van der Waals surface area contributed by atoms with Gasteiger partial charge in [-0.25, -0.2) is 0 Å². The summed E-state index contributed by atoms with van der Waals surface area (Å²) in [5.41, 5.74) is 19.4. The van der Waals surface area contributed by atoms with Gasteiger partial charge in [-0.3, -0.25) is 9.59 Å². The first-order chi connectivity index (χ1) is 45.9. The first kappa shape index (κ1) is 57.7. The van der Waals surface area contributed by atoms with E-state index in [1.165, 1.54) is 0 Å². The maximum Gasteiger partial charge on any atom is 0.195 e. The molecule has 2 aliphatic carbocycles. The van der Waals surface area contributed by atoms with Gasteiger partial charge in [-0.2, -0.15) is 0 Å². The Balaban J connectivity index is 0.829. The molecule has 0 fully saturated rings. The Hall–Kier alpha value is -13.0. The van der Waals surface area contributed by atoms with Crippen LogP contribution in [0.5, 0.6) is 11.5 Å². The first-order valence-corrected chi connectivity index (χ1v) is 30.7. The van der Waals surface area contributed by atoms with E-state index in [0.717, 1.165) is 111 Å². The van der Waals surface area contributed by atoms with E-state index >= 15 is 9.59 Å². The highest BCUT2D eigenvalue weighted by Crippen LogP contribution is 2.52. The van der Waals surface area contributed by atoms with E-state index in [1.54, 1.807) is 0 Å². The lowest BCUT2D eigenvalue weighted by Gasteiger charge is -2.15. The van der Waals surface area contributed by atoms with Crippen LogP contribution in [0.15, 0.2) is 328 Å². The summed E-state index contributed by atoms with van der Waals surface area (Å²) in [6, 6.07) is 108. The van der Waals surface area contributed by atoms with Crippen molar-refractivity contribution in [3.05, 3.63) is 417 Å². The smallest absolute Gasteiger partial charge is 0.195 e. The van der Waals surface area contributed by atoms with Crippen LogP contribution >= 0.6 is 0 Å². The molecule has 2 aliphatic rings. The van der Waals surface area contributed by atoms with E-state index in [1.807, 2.05) is 303 Å². The number of hydrogen-bond donors (Lipinski definition) is 0. The molecule has 3 nitrogen and oxygen atoms in total. The quantitative estimate of drug-likeness (QED) is 0.128. The fourth-order valence-electron chi connectivity index (χ4n) is 11.7. The number of benzene rings is 12. The minimum absolute atomic E-state index is 0.0743. The van der Waals surface area contributed by atoms with E-state index < -0.39 is 0 Å². The molecule has 12 aromatic carbocycles. The molecule has 3 heteroatoms. The molecule has 0 unspecified atom stereocenters. The minimum atomic E-state index is -0.0749. The molecule has 0 heterocycles. The van der Waals surface area contributed by atoms with Crippen molar-refractivity contribution in [1.82, 2.24) is 0 Å². The molecule has 0 bridgehead atoms. The number of ether oxygens (including phenoxy) is 1. The van der Waals surface area contributed by atoms with Crippen LogP contribution in [0, 0.1) is 47.4 Å². The van der Waals surface area contributed by atoms with Gasteiger partial charge in [0.25, 0.3) is 0 Å². The number of carbonyl (C=O) groups excluding carboxylic acids is 2. The lowest BCUT2D eigenvalue weighted by Crippen LogP contribution is -2.02. The average molecular weight is 1180 g/mol. The predicted octanol–water partition coefficient (Wildman–Crippen LogP) is 19.3. The standard InChI is InChI=1S/C90H54O3/c91-89-85(71-27-15-5-16-28-71)81(73-47-39-67(40-48-73)35-31-63-19-7-1-8-20-63)84(88(89)78-53-45-70(46-54-78)38-34-66-25-13-4-14-26-66)76-57-61-80(62-58-76)93-79-59-55-75(56-60-79)83-82(74-49-41-68(42-50-74)36-32-64-21-9-2-10-22-64)87(90(92)86(83)72-29-17-6-18-30-72)77-51-43-69(44-52-77)37-33-65-23-11-3-12-24-65/h1-30,39-62H. The van der Waals surface area contributed by atoms with Crippen molar-refractivity contribution in [2.75, 3.05) is 0 Å². The van der Waals surface area contributed by atoms with Gasteiger partial charge in [0.1, 0.15) is 11.5 Å². The zero-order chi connectivity index (χ0) is 62.7. The second-order valence-electron chi connectivity index (χ2n) is 22.3. The summed E-state index contributed by atoms with van der Waals surface area (Å²) in [4.78, 5) is 30.9. The number of ketones is 2. The largest absolute Gasteiger partial charge is 0.457 e. The molecular formula is C90H54O3. The van der Waals surface area contributed by atoms with Crippen LogP contribution in [0.25, 0.3) is 44.6 Å². The molecule has 432 valence electrons. The summed E-state index contributed by atoms with van der Waals surface area (Å²) in [7, 11) is 0. The van der Waals surface area contributed by atoms with Crippen LogP contribution < -0.4 is 4.74 Å². The molecule has 93 heavy (non-hydrogen) atoms. The number of rotatable bonds is 10. The third-order valence-electron chi connectivity index (χ3n) is 16.2. The third kappa shape index (κ3) is 12.8. The topological polar surface area (TPSA) is 43.4 Å². The van der Waals surface area contributed by atoms with E-state index in [0.29, 0.717) is 33.8 Å². The maximum absolute atomic E-state index is 15.5. The second-order valence-corrected chi connectivity index (χ2v) is 22.3. The molecule has 0 spiro atoms. The van der Waals surface area contributed by atoms with Gasteiger partial charge < -0.3 is 4.74 Å². The summed E-state index contributed by atoms with van der Waals surface area (Å²) in [6.45, 7) is 0. The molecule has 0 amide bonds. The van der Waals surface area contributed by atoms with Gasteiger partial charge in [-0.1, -0.05) is 254 Å². The Bertz CT molecular complexity index is 5190. The Morgan fingerprint density at radius 2 is 0.323 bits per heavy atom. The van der Waals surface area contributed by atoms with Gasteiger partial charge in [-0.15, -0.1) is 0 Å². The van der Waals surface area contributed by atoms with Crippen molar-refractivity contribution in [2.24, 2.45) is 0 Å². The lowest BCUT2D eigenvalue weighted by molar-refractivity contribution is -0.109. The molecule has 0 saturated carbocycles. The Kier molecular flexibility index (Phi) is 16.6. The fraction of sp³-hybridized carbons (Fsp3) is 0. The van der Waals surface area contributed by atoms with Crippen molar-refractivity contribution in [3.8, 4) is 58.9 Å². The van der Waals surface area contributed by atoms with E-state index in [9.17, 15) is 0 Å². The number of Topliss-reactive ketones (excluding diaryl/α,β-unsaturated/α-hetero) is 2. The van der Waals surface area contributed by atoms with Gasteiger partial charge in [0.05, 0.1) is 0 Å². The molecule has 0 radical (unpaired) electrons. The lowest BCUT2D eigenvalue weighted by atomic mass is 9.88.